The van der Waals surface area contributed by atoms with Crippen molar-refractivity contribution in [2.24, 2.45) is 5.92 Å². The van der Waals surface area contributed by atoms with E-state index < -0.39 is 0 Å². The van der Waals surface area contributed by atoms with Crippen molar-refractivity contribution in [3.05, 3.63) is 47.6 Å². The van der Waals surface area contributed by atoms with E-state index in [2.05, 4.69) is 15.6 Å². The fourth-order valence-corrected chi connectivity index (χ4v) is 2.47. The van der Waals surface area contributed by atoms with E-state index >= 15 is 0 Å². The number of aromatic nitrogens is 3. The van der Waals surface area contributed by atoms with Crippen molar-refractivity contribution < 1.29 is 14.4 Å². The van der Waals surface area contributed by atoms with Crippen molar-refractivity contribution in [3.63, 3.8) is 0 Å². The Bertz CT molecular complexity index is 689. The summed E-state index contributed by atoms with van der Waals surface area (Å²) in [5, 5.41) is 19.9. The molecule has 0 saturated heterocycles. The van der Waals surface area contributed by atoms with Gasteiger partial charge in [0.1, 0.15) is 6.54 Å². The number of carbonyl (C=O) groups is 1. The number of carbonyl (C=O) groups excluding carboxylic acids is 1. The van der Waals surface area contributed by atoms with Gasteiger partial charge in [-0.3, -0.25) is 9.48 Å². The fraction of sp³-hybridized carbons (Fsp3) is 0.400. The van der Waals surface area contributed by atoms with Crippen LogP contribution in [0.2, 0.25) is 0 Å². The van der Waals surface area contributed by atoms with Crippen molar-refractivity contribution >= 4 is 5.91 Å². The van der Waals surface area contributed by atoms with Crippen molar-refractivity contribution in [3.8, 4) is 0 Å². The number of rotatable bonds is 5. The highest BCUT2D eigenvalue weighted by molar-refractivity contribution is 5.92. The molecule has 1 amide bonds. The number of hydrogen-bond acceptors (Lipinski definition) is 5. The molecule has 2 N–H and O–H groups in total. The van der Waals surface area contributed by atoms with Gasteiger partial charge in [0.05, 0.1) is 6.20 Å². The lowest BCUT2D eigenvalue weighted by atomic mass is 10.1. The molecule has 2 aromatic rings. The number of amides is 1. The SMILES string of the molecule is Cc1cnn(Cc2cc(C(=O)N[C@@H]3C=C[C@H](CO)C3)no2)c1. The summed E-state index contributed by atoms with van der Waals surface area (Å²) < 4.78 is 6.90. The molecule has 2 atom stereocenters. The Balaban J connectivity index is 1.59. The molecular formula is C15H18N4O3. The van der Waals surface area contributed by atoms with Crippen LogP contribution in [0.5, 0.6) is 0 Å². The van der Waals surface area contributed by atoms with Gasteiger partial charge in [0.15, 0.2) is 11.5 Å². The summed E-state index contributed by atoms with van der Waals surface area (Å²) in [7, 11) is 0. The van der Waals surface area contributed by atoms with Crippen LogP contribution >= 0.6 is 0 Å². The Morgan fingerprint density at radius 2 is 2.41 bits per heavy atom. The summed E-state index contributed by atoms with van der Waals surface area (Å²) in [4.78, 5) is 12.1. The highest BCUT2D eigenvalue weighted by atomic mass is 16.5. The molecule has 0 aromatic carbocycles. The summed E-state index contributed by atoms with van der Waals surface area (Å²) in [6.07, 6.45) is 8.17. The fourth-order valence-electron chi connectivity index (χ4n) is 2.47. The third kappa shape index (κ3) is 3.25. The van der Waals surface area contributed by atoms with E-state index in [9.17, 15) is 4.79 Å². The molecular weight excluding hydrogens is 284 g/mol. The lowest BCUT2D eigenvalue weighted by Gasteiger charge is -2.11. The molecule has 22 heavy (non-hydrogen) atoms. The molecule has 2 heterocycles. The molecule has 0 aliphatic heterocycles. The van der Waals surface area contributed by atoms with Crippen LogP contribution < -0.4 is 5.32 Å². The van der Waals surface area contributed by atoms with Gasteiger partial charge in [-0.2, -0.15) is 5.10 Å². The van der Waals surface area contributed by atoms with Crippen molar-refractivity contribution in [1.29, 1.82) is 0 Å². The molecule has 0 spiro atoms. The number of nitrogens with zero attached hydrogens (tertiary/aromatic N) is 3. The number of hydrogen-bond donors (Lipinski definition) is 2. The van der Waals surface area contributed by atoms with Gasteiger partial charge in [-0.25, -0.2) is 0 Å². The summed E-state index contributed by atoms with van der Waals surface area (Å²) in [5.41, 5.74) is 1.31. The van der Waals surface area contributed by atoms with E-state index in [0.717, 1.165) is 5.56 Å². The third-order valence-corrected chi connectivity index (χ3v) is 3.60. The zero-order valence-electron chi connectivity index (χ0n) is 12.3. The molecule has 0 bridgehead atoms. The highest BCUT2D eigenvalue weighted by Gasteiger charge is 2.22. The van der Waals surface area contributed by atoms with E-state index in [0.29, 0.717) is 18.7 Å². The Labute approximate surface area is 127 Å². The number of aliphatic hydroxyl groups is 1. The maximum absolute atomic E-state index is 12.1. The Morgan fingerprint density at radius 1 is 1.55 bits per heavy atom. The first-order valence-corrected chi connectivity index (χ1v) is 7.18. The molecule has 0 unspecified atom stereocenters. The van der Waals surface area contributed by atoms with Crippen LogP contribution in [0.4, 0.5) is 0 Å². The van der Waals surface area contributed by atoms with E-state index in [1.54, 1.807) is 16.9 Å². The minimum absolute atomic E-state index is 0.0708. The first-order valence-electron chi connectivity index (χ1n) is 7.18. The molecule has 116 valence electrons. The van der Waals surface area contributed by atoms with Crippen LogP contribution in [0.1, 0.15) is 28.2 Å². The largest absolute Gasteiger partial charge is 0.396 e. The molecule has 0 saturated carbocycles. The van der Waals surface area contributed by atoms with Crippen molar-refractivity contribution in [1.82, 2.24) is 20.3 Å². The van der Waals surface area contributed by atoms with Crippen LogP contribution in [0.15, 0.2) is 35.1 Å². The molecule has 3 rings (SSSR count). The summed E-state index contributed by atoms with van der Waals surface area (Å²) >= 11 is 0. The molecule has 0 radical (unpaired) electrons. The number of nitrogens with one attached hydrogen (secondary N) is 1. The Hall–Kier alpha value is -2.41. The van der Waals surface area contributed by atoms with Gasteiger partial charge in [-0.05, 0) is 18.9 Å². The first-order chi connectivity index (χ1) is 10.6. The standard InChI is InChI=1S/C15H18N4O3/c1-10-6-16-19(7-10)8-13-5-14(18-22-13)15(21)17-12-3-2-11(4-12)9-20/h2-3,5-7,11-12,20H,4,8-9H2,1H3,(H,17,21)/t11-,12+/m0/s1. The number of aliphatic hydroxyl groups excluding tert-OH is 1. The lowest BCUT2D eigenvalue weighted by molar-refractivity contribution is 0.0932. The quantitative estimate of drug-likeness (QED) is 0.800. The predicted molar refractivity (Wildman–Crippen MR) is 78.2 cm³/mol. The Kier molecular flexibility index (Phi) is 4.06. The molecule has 7 nitrogen and oxygen atoms in total. The molecule has 1 aliphatic carbocycles. The van der Waals surface area contributed by atoms with Gasteiger partial charge in [0, 0.05) is 30.8 Å². The van der Waals surface area contributed by atoms with Crippen LogP contribution in [-0.4, -0.2) is 38.6 Å². The summed E-state index contributed by atoms with van der Waals surface area (Å²) in [6, 6.07) is 1.55. The lowest BCUT2D eigenvalue weighted by Crippen LogP contribution is -2.33. The van der Waals surface area contributed by atoms with E-state index in [4.69, 9.17) is 9.63 Å². The predicted octanol–water partition coefficient (Wildman–Crippen LogP) is 0.895. The average Bonchev–Trinajstić information content (AvgIpc) is 3.21. The normalized spacial score (nSPS) is 20.5. The minimum atomic E-state index is -0.278. The van der Waals surface area contributed by atoms with Gasteiger partial charge in [-0.15, -0.1) is 0 Å². The minimum Gasteiger partial charge on any atom is -0.396 e. The smallest absolute Gasteiger partial charge is 0.273 e. The highest BCUT2D eigenvalue weighted by Crippen LogP contribution is 2.17. The molecule has 7 heteroatoms. The monoisotopic (exact) mass is 302 g/mol. The molecule has 1 aliphatic rings. The van der Waals surface area contributed by atoms with Crippen molar-refractivity contribution in [2.75, 3.05) is 6.61 Å². The molecule has 2 aromatic heterocycles. The van der Waals surface area contributed by atoms with Crippen LogP contribution in [0.3, 0.4) is 0 Å². The average molecular weight is 302 g/mol. The summed E-state index contributed by atoms with van der Waals surface area (Å²) in [6.45, 7) is 2.49. The topological polar surface area (TPSA) is 93.2 Å². The maximum Gasteiger partial charge on any atom is 0.273 e. The Morgan fingerprint density at radius 3 is 3.09 bits per heavy atom. The van der Waals surface area contributed by atoms with E-state index in [1.165, 1.54) is 0 Å². The molecule has 0 fully saturated rings. The van der Waals surface area contributed by atoms with Crippen LogP contribution in [0.25, 0.3) is 0 Å². The van der Waals surface area contributed by atoms with Crippen LogP contribution in [-0.2, 0) is 6.54 Å². The van der Waals surface area contributed by atoms with Gasteiger partial charge >= 0.3 is 0 Å². The zero-order valence-corrected chi connectivity index (χ0v) is 12.3. The first kappa shape index (κ1) is 14.5. The third-order valence-electron chi connectivity index (χ3n) is 3.60. The van der Waals surface area contributed by atoms with Gasteiger partial charge in [-0.1, -0.05) is 17.3 Å². The second-order valence-corrected chi connectivity index (χ2v) is 5.54. The second-order valence-electron chi connectivity index (χ2n) is 5.54. The zero-order chi connectivity index (χ0) is 15.5. The van der Waals surface area contributed by atoms with E-state index in [1.807, 2.05) is 25.3 Å². The van der Waals surface area contributed by atoms with Gasteiger partial charge in [0.2, 0.25) is 0 Å². The van der Waals surface area contributed by atoms with Gasteiger partial charge in [0.25, 0.3) is 5.91 Å². The van der Waals surface area contributed by atoms with Gasteiger partial charge < -0.3 is 14.9 Å². The van der Waals surface area contributed by atoms with Crippen molar-refractivity contribution in [2.45, 2.75) is 25.9 Å². The maximum atomic E-state index is 12.1. The van der Waals surface area contributed by atoms with Crippen LogP contribution in [0, 0.1) is 12.8 Å². The second kappa shape index (κ2) is 6.15. The summed E-state index contributed by atoms with van der Waals surface area (Å²) in [5.74, 6) is 0.407. The van der Waals surface area contributed by atoms with E-state index in [-0.39, 0.29) is 30.2 Å². The number of aryl methyl sites for hydroxylation is 1.